The van der Waals surface area contributed by atoms with Gasteiger partial charge in [0.05, 0.1) is 22.9 Å². The quantitative estimate of drug-likeness (QED) is 0.512. The molecule has 1 saturated carbocycles. The van der Waals surface area contributed by atoms with Crippen LogP contribution in [0.3, 0.4) is 0 Å². The van der Waals surface area contributed by atoms with Crippen LogP contribution >= 0.6 is 0 Å². The van der Waals surface area contributed by atoms with Gasteiger partial charge in [-0.25, -0.2) is 8.78 Å². The molecule has 3 aliphatic rings. The summed E-state index contributed by atoms with van der Waals surface area (Å²) in [6, 6.07) is 7.10. The number of nitrogens with zero attached hydrogens (tertiary/aromatic N) is 4. The van der Waals surface area contributed by atoms with E-state index in [1.165, 1.54) is 57.5 Å². The summed E-state index contributed by atoms with van der Waals surface area (Å²) >= 11 is 0. The highest BCUT2D eigenvalue weighted by Gasteiger charge is 2.36. The Kier molecular flexibility index (Phi) is 7.42. The van der Waals surface area contributed by atoms with Crippen molar-refractivity contribution in [2.75, 3.05) is 20.3 Å². The van der Waals surface area contributed by atoms with Crippen molar-refractivity contribution >= 4 is 11.8 Å². The molecular formula is C25H26F2N4O3. The van der Waals surface area contributed by atoms with Crippen LogP contribution in [0, 0.1) is 11.6 Å². The third kappa shape index (κ3) is 5.36. The molecule has 0 N–H and O–H groups in total. The number of pyridine rings is 1. The lowest BCUT2D eigenvalue weighted by molar-refractivity contribution is 0.0693. The van der Waals surface area contributed by atoms with Crippen molar-refractivity contribution in [1.82, 2.24) is 19.7 Å². The molecule has 7 nitrogen and oxygen atoms in total. The molecule has 3 aromatic rings. The molecule has 9 heteroatoms. The minimum atomic E-state index is -0.833. The van der Waals surface area contributed by atoms with Crippen molar-refractivity contribution < 1.29 is 23.1 Å². The zero-order valence-electron chi connectivity index (χ0n) is 18.9. The molecule has 2 aliphatic heterocycles. The van der Waals surface area contributed by atoms with E-state index in [2.05, 4.69) is 10.1 Å². The van der Waals surface area contributed by atoms with Gasteiger partial charge in [0, 0.05) is 50.5 Å². The second-order valence-electron chi connectivity index (χ2n) is 8.27. The number of amides is 2. The Labute approximate surface area is 196 Å². The van der Waals surface area contributed by atoms with Gasteiger partial charge in [-0.05, 0) is 56.4 Å². The van der Waals surface area contributed by atoms with Crippen molar-refractivity contribution in [2.45, 2.75) is 38.1 Å². The number of ether oxygens (including phenoxy) is 1. The summed E-state index contributed by atoms with van der Waals surface area (Å²) in [6.45, 7) is 2.00. The molecule has 0 radical (unpaired) electrons. The summed E-state index contributed by atoms with van der Waals surface area (Å²) in [5, 5.41) is 4.09. The molecular weight excluding hydrogens is 442 g/mol. The molecule has 34 heavy (non-hydrogen) atoms. The number of rotatable bonds is 2. The first-order chi connectivity index (χ1) is 16.5. The number of carbonyl (C=O) groups is 2. The van der Waals surface area contributed by atoms with Gasteiger partial charge in [-0.1, -0.05) is 0 Å². The van der Waals surface area contributed by atoms with E-state index >= 15 is 0 Å². The van der Waals surface area contributed by atoms with Gasteiger partial charge in [0.25, 0.3) is 11.8 Å². The molecule has 2 amide bonds. The van der Waals surface area contributed by atoms with Gasteiger partial charge in [0.2, 0.25) is 0 Å². The van der Waals surface area contributed by atoms with Gasteiger partial charge >= 0.3 is 0 Å². The highest BCUT2D eigenvalue weighted by Crippen LogP contribution is 2.33. The Morgan fingerprint density at radius 3 is 2.29 bits per heavy atom. The summed E-state index contributed by atoms with van der Waals surface area (Å²) in [5.41, 5.74) is 0.249. The van der Waals surface area contributed by atoms with Gasteiger partial charge < -0.3 is 4.74 Å². The van der Waals surface area contributed by atoms with Gasteiger partial charge in [0.1, 0.15) is 11.6 Å². The number of hydrogen-bond donors (Lipinski definition) is 0. The Bertz CT molecular complexity index is 1150. The second kappa shape index (κ2) is 10.6. The standard InChI is InChI=1S/C14H8F2N2O2.C6H8N2.C5H10O/c1-18-13(19)9-4-5-17-12(11(9)14(18)20)8-3-2-7(15)6-10(8)16;1-4-7-8(5-1)6-2-3-6;1-2-4-6-5-3-1/h2-6H,1H3;1,4-6H,2-3H2;1-5H2. The van der Waals surface area contributed by atoms with Crippen LogP contribution < -0.4 is 0 Å². The molecule has 2 aromatic heterocycles. The largest absolute Gasteiger partial charge is 0.381 e. The van der Waals surface area contributed by atoms with Gasteiger partial charge in [-0.2, -0.15) is 5.10 Å². The van der Waals surface area contributed by atoms with Crippen molar-refractivity contribution in [3.8, 4) is 11.3 Å². The summed E-state index contributed by atoms with van der Waals surface area (Å²) in [5.74, 6) is -2.56. The van der Waals surface area contributed by atoms with Crippen molar-refractivity contribution in [3.05, 3.63) is 71.7 Å². The average molecular weight is 469 g/mol. The smallest absolute Gasteiger partial charge is 0.263 e. The Balaban J connectivity index is 0.000000158. The van der Waals surface area contributed by atoms with E-state index in [4.69, 9.17) is 4.74 Å². The number of benzene rings is 1. The fourth-order valence-corrected chi connectivity index (χ4v) is 3.71. The van der Waals surface area contributed by atoms with Crippen LogP contribution in [0.15, 0.2) is 48.9 Å². The highest BCUT2D eigenvalue weighted by molar-refractivity contribution is 6.23. The highest BCUT2D eigenvalue weighted by atomic mass is 19.1. The van der Waals surface area contributed by atoms with E-state index in [0.717, 1.165) is 30.2 Å². The summed E-state index contributed by atoms with van der Waals surface area (Å²) in [4.78, 5) is 28.8. The van der Waals surface area contributed by atoms with E-state index in [1.54, 1.807) is 0 Å². The fraction of sp³-hybridized carbons (Fsp3) is 0.360. The third-order valence-electron chi connectivity index (χ3n) is 5.71. The summed E-state index contributed by atoms with van der Waals surface area (Å²) in [7, 11) is 1.34. The number of imide groups is 1. The molecule has 4 heterocycles. The van der Waals surface area contributed by atoms with E-state index in [-0.39, 0.29) is 22.4 Å². The first-order valence-corrected chi connectivity index (χ1v) is 11.3. The Hall–Kier alpha value is -3.46. The van der Waals surface area contributed by atoms with Gasteiger partial charge in [-0.15, -0.1) is 0 Å². The van der Waals surface area contributed by atoms with Crippen LogP contribution in [0.1, 0.15) is 58.9 Å². The van der Waals surface area contributed by atoms with Crippen LogP contribution in [-0.4, -0.2) is 51.7 Å². The van der Waals surface area contributed by atoms with E-state index in [0.29, 0.717) is 6.07 Å². The molecule has 6 rings (SSSR count). The van der Waals surface area contributed by atoms with E-state index in [1.807, 2.05) is 23.1 Å². The van der Waals surface area contributed by atoms with Crippen LogP contribution in [-0.2, 0) is 4.74 Å². The minimum Gasteiger partial charge on any atom is -0.381 e. The maximum absolute atomic E-state index is 13.8. The Morgan fingerprint density at radius 2 is 1.74 bits per heavy atom. The molecule has 1 aliphatic carbocycles. The van der Waals surface area contributed by atoms with Crippen LogP contribution in [0.4, 0.5) is 8.78 Å². The first-order valence-electron chi connectivity index (χ1n) is 11.3. The summed E-state index contributed by atoms with van der Waals surface area (Å²) < 4.78 is 33.9. The number of fused-ring (bicyclic) bond motifs is 1. The topological polar surface area (TPSA) is 77.3 Å². The molecule has 2 fully saturated rings. The van der Waals surface area contributed by atoms with E-state index in [9.17, 15) is 18.4 Å². The average Bonchev–Trinajstić information content (AvgIpc) is 3.52. The zero-order valence-corrected chi connectivity index (χ0v) is 18.9. The van der Waals surface area contributed by atoms with Gasteiger partial charge in [-0.3, -0.25) is 24.2 Å². The van der Waals surface area contributed by atoms with Crippen molar-refractivity contribution in [1.29, 1.82) is 0 Å². The third-order valence-corrected chi connectivity index (χ3v) is 5.71. The fourth-order valence-electron chi connectivity index (χ4n) is 3.71. The molecule has 0 atom stereocenters. The molecule has 0 unspecified atom stereocenters. The van der Waals surface area contributed by atoms with Crippen LogP contribution in [0.25, 0.3) is 11.3 Å². The minimum absolute atomic E-state index is 0.0142. The van der Waals surface area contributed by atoms with Crippen molar-refractivity contribution in [3.63, 3.8) is 0 Å². The van der Waals surface area contributed by atoms with Crippen LogP contribution in [0.5, 0.6) is 0 Å². The lowest BCUT2D eigenvalue weighted by Gasteiger charge is -2.08. The first kappa shape index (κ1) is 23.7. The molecule has 0 bridgehead atoms. The number of aromatic nitrogens is 3. The maximum Gasteiger partial charge on any atom is 0.263 e. The number of hydrogen-bond acceptors (Lipinski definition) is 5. The molecule has 178 valence electrons. The number of carbonyl (C=O) groups excluding carboxylic acids is 2. The summed E-state index contributed by atoms with van der Waals surface area (Å²) in [6.07, 6.45) is 11.8. The lowest BCUT2D eigenvalue weighted by Crippen LogP contribution is -2.24. The number of halogens is 2. The Morgan fingerprint density at radius 1 is 0.971 bits per heavy atom. The normalized spacial score (nSPS) is 16.9. The SMILES string of the molecule is C1CCOCC1.CN1C(=O)c2ccnc(-c3ccc(F)cc3F)c2C1=O.c1cnn(C2CC2)c1. The monoisotopic (exact) mass is 468 g/mol. The van der Waals surface area contributed by atoms with Gasteiger partial charge in [0.15, 0.2) is 0 Å². The maximum atomic E-state index is 13.8. The van der Waals surface area contributed by atoms with E-state index < -0.39 is 23.4 Å². The lowest BCUT2D eigenvalue weighted by atomic mass is 10.0. The second-order valence-corrected chi connectivity index (χ2v) is 8.27. The molecule has 1 aromatic carbocycles. The van der Waals surface area contributed by atoms with Crippen molar-refractivity contribution in [2.24, 2.45) is 0 Å². The molecule has 1 saturated heterocycles. The predicted molar refractivity (Wildman–Crippen MR) is 121 cm³/mol. The van der Waals surface area contributed by atoms with Crippen LogP contribution in [0.2, 0.25) is 0 Å². The molecule has 0 spiro atoms. The predicted octanol–water partition coefficient (Wildman–Crippen LogP) is 4.66. The zero-order chi connectivity index (χ0) is 24.1.